The average molecular weight is 637 g/mol. The molecule has 2 saturated carbocycles. The summed E-state index contributed by atoms with van der Waals surface area (Å²) < 4.78 is 21.5. The van der Waals surface area contributed by atoms with Crippen LogP contribution in [-0.2, 0) is 9.71 Å². The van der Waals surface area contributed by atoms with E-state index in [9.17, 15) is 4.21 Å². The van der Waals surface area contributed by atoms with Crippen molar-refractivity contribution < 1.29 is 8.95 Å². The molecule has 2 atom stereocenters. The minimum absolute atomic E-state index is 0.117. The molecule has 6 nitrogen and oxygen atoms in total. The highest BCUT2D eigenvalue weighted by molar-refractivity contribution is 8.13. The third-order valence-corrected chi connectivity index (χ3v) is 13.1. The summed E-state index contributed by atoms with van der Waals surface area (Å²) in [5.41, 5.74) is 3.16. The number of aromatic nitrogens is 1. The third-order valence-electron chi connectivity index (χ3n) is 9.87. The van der Waals surface area contributed by atoms with Crippen molar-refractivity contribution in [3.05, 3.63) is 59.8 Å². The van der Waals surface area contributed by atoms with E-state index >= 15 is 0 Å². The SMILES string of the molecule is C=C(N=C(C)Sc1nc(OC)ccc1C)C(CC1CCCC1)c1ccc(S(=C)(=O)N2CCN(CC3CCCCC3)CC2)cc1. The Morgan fingerprint density at radius 2 is 1.64 bits per heavy atom. The molecular formula is C36H52N4O2S2. The largest absolute Gasteiger partial charge is 0.481 e. The topological polar surface area (TPSA) is 58.0 Å². The summed E-state index contributed by atoms with van der Waals surface area (Å²) in [7, 11) is -0.892. The van der Waals surface area contributed by atoms with E-state index < -0.39 is 9.71 Å². The van der Waals surface area contributed by atoms with Crippen LogP contribution in [0.15, 0.2) is 63.6 Å². The van der Waals surface area contributed by atoms with Crippen LogP contribution >= 0.6 is 11.8 Å². The van der Waals surface area contributed by atoms with Crippen LogP contribution in [0.3, 0.4) is 0 Å². The maximum Gasteiger partial charge on any atom is 0.214 e. The molecule has 1 aromatic carbocycles. The molecule has 2 heterocycles. The maximum atomic E-state index is 14.1. The second-order valence-electron chi connectivity index (χ2n) is 13.1. The molecular weight excluding hydrogens is 585 g/mol. The first-order valence-electron chi connectivity index (χ1n) is 16.6. The van der Waals surface area contributed by atoms with Crippen molar-refractivity contribution in [3.63, 3.8) is 0 Å². The van der Waals surface area contributed by atoms with Gasteiger partial charge in [-0.15, -0.1) is 0 Å². The summed E-state index contributed by atoms with van der Waals surface area (Å²) in [6.07, 6.45) is 13.1. The highest BCUT2D eigenvalue weighted by Crippen LogP contribution is 2.39. The summed E-state index contributed by atoms with van der Waals surface area (Å²) in [6, 6.07) is 12.3. The lowest BCUT2D eigenvalue weighted by molar-refractivity contribution is 0.152. The van der Waals surface area contributed by atoms with Gasteiger partial charge in [-0.3, -0.25) is 4.99 Å². The molecule has 2 aliphatic carbocycles. The highest BCUT2D eigenvalue weighted by atomic mass is 32.2. The lowest BCUT2D eigenvalue weighted by atomic mass is 9.86. The Morgan fingerprint density at radius 3 is 2.30 bits per heavy atom. The monoisotopic (exact) mass is 636 g/mol. The molecule has 1 aliphatic heterocycles. The average Bonchev–Trinajstić information content (AvgIpc) is 3.55. The molecule has 2 unspecified atom stereocenters. The normalized spacial score (nSPS) is 21.7. The first-order chi connectivity index (χ1) is 21.2. The minimum Gasteiger partial charge on any atom is -0.481 e. The standard InChI is InChI=1S/C36H52N4O2S2/c1-27-15-20-35(42-4)38-36(27)43-29(3)37-28(2)34(25-30-11-9-10-12-30)32-16-18-33(19-17-32)44(5,41)40-23-21-39(22-24-40)26-31-13-7-6-8-14-31/h15-20,30-31,34H,2,5-14,21-26H2,1,3-4H3. The fourth-order valence-corrected chi connectivity index (χ4v) is 9.62. The number of hydrogen-bond acceptors (Lipinski definition) is 6. The Kier molecular flexibility index (Phi) is 11.7. The van der Waals surface area contributed by atoms with E-state index in [4.69, 9.17) is 9.73 Å². The lowest BCUT2D eigenvalue weighted by Gasteiger charge is -2.38. The Balaban J connectivity index is 1.26. The van der Waals surface area contributed by atoms with Gasteiger partial charge < -0.3 is 9.64 Å². The van der Waals surface area contributed by atoms with Crippen LogP contribution in [0.25, 0.3) is 0 Å². The molecule has 0 radical (unpaired) electrons. The molecule has 0 amide bonds. The van der Waals surface area contributed by atoms with Crippen LogP contribution in [0.4, 0.5) is 0 Å². The molecule has 3 fully saturated rings. The van der Waals surface area contributed by atoms with E-state index in [1.54, 1.807) is 18.9 Å². The first-order valence-corrected chi connectivity index (χ1v) is 19.1. The van der Waals surface area contributed by atoms with Crippen LogP contribution in [0.5, 0.6) is 5.88 Å². The Hall–Kier alpha value is -2.13. The smallest absolute Gasteiger partial charge is 0.214 e. The number of allylic oxidation sites excluding steroid dienone is 1. The maximum absolute atomic E-state index is 14.1. The van der Waals surface area contributed by atoms with Gasteiger partial charge in [0.15, 0.2) is 0 Å². The number of pyridine rings is 1. The summed E-state index contributed by atoms with van der Waals surface area (Å²) in [5, 5.41) is 1.81. The number of aliphatic imine (C=N–C) groups is 1. The van der Waals surface area contributed by atoms with Gasteiger partial charge in [0.25, 0.3) is 0 Å². The number of aryl methyl sites for hydroxylation is 1. The van der Waals surface area contributed by atoms with Gasteiger partial charge >= 0.3 is 0 Å². The summed E-state index contributed by atoms with van der Waals surface area (Å²) in [6.45, 7) is 13.3. The van der Waals surface area contributed by atoms with Gasteiger partial charge in [-0.25, -0.2) is 13.5 Å². The molecule has 0 N–H and O–H groups in total. The van der Waals surface area contributed by atoms with E-state index in [1.807, 2.05) is 31.2 Å². The number of piperazine rings is 1. The number of benzene rings is 1. The number of thioether (sulfide) groups is 1. The van der Waals surface area contributed by atoms with Gasteiger partial charge in [0.05, 0.1) is 21.9 Å². The van der Waals surface area contributed by atoms with E-state index in [0.29, 0.717) is 11.8 Å². The highest BCUT2D eigenvalue weighted by Gasteiger charge is 2.28. The zero-order valence-electron chi connectivity index (χ0n) is 27.1. The van der Waals surface area contributed by atoms with Gasteiger partial charge in [-0.1, -0.05) is 81.5 Å². The predicted molar refractivity (Wildman–Crippen MR) is 188 cm³/mol. The molecule has 1 saturated heterocycles. The van der Waals surface area contributed by atoms with Gasteiger partial charge in [-0.05, 0) is 74.1 Å². The van der Waals surface area contributed by atoms with E-state index in [1.165, 1.54) is 69.9 Å². The Bertz CT molecular complexity index is 1390. The summed E-state index contributed by atoms with van der Waals surface area (Å²) >= 11 is 1.56. The van der Waals surface area contributed by atoms with Crippen molar-refractivity contribution in [2.75, 3.05) is 39.8 Å². The number of hydrogen-bond donors (Lipinski definition) is 0. The molecule has 0 bridgehead atoms. The summed E-state index contributed by atoms with van der Waals surface area (Å²) in [4.78, 5) is 13.0. The fourth-order valence-electron chi connectivity index (χ4n) is 7.20. The zero-order valence-corrected chi connectivity index (χ0v) is 28.8. The minimum atomic E-state index is -2.53. The Morgan fingerprint density at radius 1 is 1.00 bits per heavy atom. The van der Waals surface area contributed by atoms with Crippen molar-refractivity contribution in [2.24, 2.45) is 16.8 Å². The number of rotatable bonds is 11. The number of nitrogens with zero attached hydrogens (tertiary/aromatic N) is 4. The van der Waals surface area contributed by atoms with E-state index in [-0.39, 0.29) is 5.92 Å². The van der Waals surface area contributed by atoms with Crippen LogP contribution in [0, 0.1) is 18.8 Å². The van der Waals surface area contributed by atoms with Crippen LogP contribution in [0.2, 0.25) is 0 Å². The van der Waals surface area contributed by atoms with Gasteiger partial charge in [-0.2, -0.15) is 0 Å². The molecule has 44 heavy (non-hydrogen) atoms. The fraction of sp³-hybridized carbons (Fsp3) is 0.583. The first kappa shape index (κ1) is 33.2. The van der Waals surface area contributed by atoms with E-state index in [2.05, 4.69) is 45.7 Å². The van der Waals surface area contributed by atoms with Crippen LogP contribution < -0.4 is 4.74 Å². The van der Waals surface area contributed by atoms with Crippen molar-refractivity contribution in [2.45, 2.75) is 93.9 Å². The van der Waals surface area contributed by atoms with E-state index in [0.717, 1.165) is 64.7 Å². The predicted octanol–water partition coefficient (Wildman–Crippen LogP) is 7.98. The van der Waals surface area contributed by atoms with Crippen molar-refractivity contribution >= 4 is 32.4 Å². The zero-order chi connectivity index (χ0) is 31.1. The second-order valence-corrected chi connectivity index (χ2v) is 16.5. The Labute approximate surface area is 270 Å². The molecule has 0 spiro atoms. The van der Waals surface area contributed by atoms with Crippen molar-refractivity contribution in [1.82, 2.24) is 14.2 Å². The van der Waals surface area contributed by atoms with Crippen molar-refractivity contribution in [3.8, 4) is 5.88 Å². The second kappa shape index (κ2) is 15.4. The third kappa shape index (κ3) is 8.56. The quantitative estimate of drug-likeness (QED) is 0.108. The van der Waals surface area contributed by atoms with Gasteiger partial charge in [0.1, 0.15) is 5.03 Å². The van der Waals surface area contributed by atoms with Crippen LogP contribution in [-0.4, -0.2) is 69.1 Å². The molecule has 1 aromatic heterocycles. The molecule has 2 aromatic rings. The van der Waals surface area contributed by atoms with Crippen LogP contribution in [0.1, 0.15) is 88.2 Å². The lowest BCUT2D eigenvalue weighted by Crippen LogP contribution is -2.49. The van der Waals surface area contributed by atoms with Crippen molar-refractivity contribution in [1.29, 1.82) is 0 Å². The molecule has 3 aliphatic rings. The van der Waals surface area contributed by atoms with Gasteiger partial charge in [0.2, 0.25) is 5.88 Å². The van der Waals surface area contributed by atoms with Gasteiger partial charge in [0, 0.05) is 55.3 Å². The molecule has 240 valence electrons. The number of methoxy groups -OCH3 is 1. The molecule has 5 rings (SSSR count). The molecule has 8 heteroatoms. The number of ether oxygens (including phenoxy) is 1. The summed E-state index contributed by atoms with van der Waals surface area (Å²) in [5.74, 6) is 6.52.